The number of benzene rings is 1. The molecule has 2 aromatic rings. The monoisotopic (exact) mass is 375 g/mol. The van der Waals surface area contributed by atoms with Crippen molar-refractivity contribution in [3.63, 3.8) is 0 Å². The minimum atomic E-state index is -0.704. The second-order valence-corrected chi connectivity index (χ2v) is 6.40. The number of aryl methyl sites for hydroxylation is 1. The van der Waals surface area contributed by atoms with Crippen LogP contribution in [0.2, 0.25) is 0 Å². The van der Waals surface area contributed by atoms with Crippen molar-refractivity contribution in [2.24, 2.45) is 0 Å². The van der Waals surface area contributed by atoms with Crippen LogP contribution in [0.5, 0.6) is 0 Å². The fraction of sp³-hybridized carbons (Fsp3) is 0.444. The quantitative estimate of drug-likeness (QED) is 0.735. The van der Waals surface area contributed by atoms with Crippen LogP contribution in [0, 0.1) is 0 Å². The van der Waals surface area contributed by atoms with E-state index < -0.39 is 30.3 Å². The van der Waals surface area contributed by atoms with Gasteiger partial charge in [0.25, 0.3) is 5.91 Å². The number of nitrogens with one attached hydrogen (secondary N) is 2. The Bertz CT molecular complexity index is 894. The van der Waals surface area contributed by atoms with E-state index in [0.29, 0.717) is 11.1 Å². The summed E-state index contributed by atoms with van der Waals surface area (Å²) in [6.45, 7) is -0.490. The van der Waals surface area contributed by atoms with E-state index >= 15 is 0 Å². The molecule has 2 N–H and O–H groups in total. The highest BCUT2D eigenvalue weighted by atomic mass is 16.5. The van der Waals surface area contributed by atoms with Gasteiger partial charge in [0.15, 0.2) is 12.2 Å². The van der Waals surface area contributed by atoms with Crippen LogP contribution in [0.3, 0.4) is 0 Å². The lowest BCUT2D eigenvalue weighted by Crippen LogP contribution is -2.45. The summed E-state index contributed by atoms with van der Waals surface area (Å²) in [5, 5.41) is 4.83. The highest BCUT2D eigenvalue weighted by Crippen LogP contribution is 2.17. The highest BCUT2D eigenvalue weighted by Gasteiger charge is 2.18. The molecule has 0 bridgehead atoms. The van der Waals surface area contributed by atoms with E-state index in [-0.39, 0.29) is 19.0 Å². The van der Waals surface area contributed by atoms with Crippen molar-refractivity contribution in [2.75, 3.05) is 6.61 Å². The maximum absolute atomic E-state index is 11.8. The Hall–Kier alpha value is -3.10. The molecule has 27 heavy (non-hydrogen) atoms. The number of nitrogens with zero attached hydrogens (tertiary/aromatic N) is 1. The number of para-hydroxylation sites is 2. The molecule has 1 aromatic heterocycles. The molecule has 9 heteroatoms. The van der Waals surface area contributed by atoms with Gasteiger partial charge in [0, 0.05) is 12.6 Å². The van der Waals surface area contributed by atoms with E-state index in [1.54, 1.807) is 24.3 Å². The first-order valence-corrected chi connectivity index (χ1v) is 8.87. The zero-order valence-electron chi connectivity index (χ0n) is 14.7. The number of aromatic nitrogens is 1. The summed E-state index contributed by atoms with van der Waals surface area (Å²) in [7, 11) is 0. The lowest BCUT2D eigenvalue weighted by Gasteiger charge is -2.12. The number of amides is 3. The summed E-state index contributed by atoms with van der Waals surface area (Å²) in [6.07, 6.45) is 3.82. The molecule has 1 aromatic carbocycles. The van der Waals surface area contributed by atoms with Crippen molar-refractivity contribution in [1.29, 1.82) is 0 Å². The number of hydrogen-bond donors (Lipinski definition) is 2. The van der Waals surface area contributed by atoms with E-state index in [2.05, 4.69) is 10.6 Å². The molecule has 1 fully saturated rings. The molecule has 3 amide bonds. The van der Waals surface area contributed by atoms with Crippen LogP contribution in [0.4, 0.5) is 4.79 Å². The molecule has 0 aliphatic heterocycles. The maximum atomic E-state index is 11.8. The van der Waals surface area contributed by atoms with Crippen molar-refractivity contribution in [2.45, 2.75) is 44.7 Å². The van der Waals surface area contributed by atoms with Gasteiger partial charge in [-0.1, -0.05) is 25.0 Å². The summed E-state index contributed by atoms with van der Waals surface area (Å²) in [5.41, 5.74) is 1.01. The Labute approximate surface area is 154 Å². The van der Waals surface area contributed by atoms with Gasteiger partial charge in [-0.05, 0) is 25.0 Å². The van der Waals surface area contributed by atoms with Gasteiger partial charge in [-0.15, -0.1) is 0 Å². The Morgan fingerprint density at radius 2 is 1.93 bits per heavy atom. The summed E-state index contributed by atoms with van der Waals surface area (Å²) in [5.74, 6) is -1.92. The first-order valence-electron chi connectivity index (χ1n) is 8.87. The van der Waals surface area contributed by atoms with Crippen molar-refractivity contribution >= 4 is 29.0 Å². The molecule has 0 saturated heterocycles. The third-order valence-corrected chi connectivity index (χ3v) is 4.42. The molecule has 0 radical (unpaired) electrons. The van der Waals surface area contributed by atoms with Crippen LogP contribution in [-0.2, 0) is 20.9 Å². The van der Waals surface area contributed by atoms with Crippen molar-refractivity contribution in [3.05, 3.63) is 34.8 Å². The summed E-state index contributed by atoms with van der Waals surface area (Å²) in [6, 6.07) is 6.37. The Kier molecular flexibility index (Phi) is 5.90. The maximum Gasteiger partial charge on any atom is 0.419 e. The summed E-state index contributed by atoms with van der Waals surface area (Å²) >= 11 is 0. The smallest absolute Gasteiger partial charge is 0.419 e. The molecule has 1 saturated carbocycles. The van der Waals surface area contributed by atoms with E-state index in [1.165, 1.54) is 4.57 Å². The first kappa shape index (κ1) is 18.7. The van der Waals surface area contributed by atoms with Crippen LogP contribution < -0.4 is 16.4 Å². The van der Waals surface area contributed by atoms with Gasteiger partial charge in [0.2, 0.25) is 0 Å². The van der Waals surface area contributed by atoms with E-state index in [4.69, 9.17) is 9.15 Å². The molecule has 1 heterocycles. The molecule has 1 aliphatic carbocycles. The minimum absolute atomic E-state index is 0.0679. The second kappa shape index (κ2) is 8.52. The topological polar surface area (TPSA) is 120 Å². The number of carbonyl (C=O) groups is 3. The van der Waals surface area contributed by atoms with Crippen molar-refractivity contribution in [3.8, 4) is 0 Å². The van der Waals surface area contributed by atoms with Crippen LogP contribution in [0.15, 0.2) is 33.5 Å². The average molecular weight is 375 g/mol. The summed E-state index contributed by atoms with van der Waals surface area (Å²) in [4.78, 5) is 47.0. The number of esters is 1. The average Bonchev–Trinajstić information content (AvgIpc) is 3.25. The third-order valence-electron chi connectivity index (χ3n) is 4.42. The van der Waals surface area contributed by atoms with Crippen LogP contribution in [-0.4, -0.2) is 35.1 Å². The van der Waals surface area contributed by atoms with Gasteiger partial charge in [-0.25, -0.2) is 9.59 Å². The molecule has 144 valence electrons. The number of hydrogen-bond acceptors (Lipinski definition) is 6. The van der Waals surface area contributed by atoms with Crippen LogP contribution in [0.25, 0.3) is 11.1 Å². The fourth-order valence-corrected chi connectivity index (χ4v) is 3.10. The van der Waals surface area contributed by atoms with Gasteiger partial charge in [0.1, 0.15) is 0 Å². The minimum Gasteiger partial charge on any atom is -0.456 e. The zero-order chi connectivity index (χ0) is 19.2. The number of carbonyl (C=O) groups excluding carboxylic acids is 3. The van der Waals surface area contributed by atoms with Gasteiger partial charge in [-0.3, -0.25) is 19.5 Å². The molecule has 0 unspecified atom stereocenters. The molecule has 9 nitrogen and oxygen atoms in total. The van der Waals surface area contributed by atoms with Crippen LogP contribution in [0.1, 0.15) is 32.1 Å². The Morgan fingerprint density at radius 1 is 1.19 bits per heavy atom. The zero-order valence-corrected chi connectivity index (χ0v) is 14.7. The molecule has 1 aliphatic rings. The molecule has 0 atom stereocenters. The van der Waals surface area contributed by atoms with Crippen LogP contribution >= 0.6 is 0 Å². The normalized spacial score (nSPS) is 14.2. The molecule has 0 spiro atoms. The number of oxazole rings is 1. The molecule has 3 rings (SSSR count). The standard InChI is InChI=1S/C18H21N3O6/c22-15(20-17(24)19-12-5-1-2-6-12)11-26-16(23)9-10-21-13-7-3-4-8-14(13)27-18(21)25/h3-4,7-8,12H,1-2,5-6,9-11H2,(H2,19,20,22,24). The first-order chi connectivity index (χ1) is 13.0. The number of rotatable bonds is 6. The molecular weight excluding hydrogens is 354 g/mol. The fourth-order valence-electron chi connectivity index (χ4n) is 3.10. The van der Waals surface area contributed by atoms with E-state index in [1.807, 2.05) is 0 Å². The number of imide groups is 1. The lowest BCUT2D eigenvalue weighted by atomic mass is 10.2. The predicted molar refractivity (Wildman–Crippen MR) is 95.0 cm³/mol. The van der Waals surface area contributed by atoms with Crippen molar-refractivity contribution < 1.29 is 23.5 Å². The number of ether oxygens (including phenoxy) is 1. The predicted octanol–water partition coefficient (Wildman–Crippen LogP) is 1.30. The number of fused-ring (bicyclic) bond motifs is 1. The highest BCUT2D eigenvalue weighted by molar-refractivity contribution is 5.95. The Morgan fingerprint density at radius 3 is 2.70 bits per heavy atom. The largest absolute Gasteiger partial charge is 0.456 e. The molecular formula is C18H21N3O6. The van der Waals surface area contributed by atoms with Crippen molar-refractivity contribution in [1.82, 2.24) is 15.2 Å². The third kappa shape index (κ3) is 4.96. The van der Waals surface area contributed by atoms with Gasteiger partial charge in [-0.2, -0.15) is 0 Å². The Balaban J connectivity index is 1.41. The number of urea groups is 1. The SMILES string of the molecule is O=C(COC(=O)CCn1c(=O)oc2ccccc21)NC(=O)NC1CCCC1. The summed E-state index contributed by atoms with van der Waals surface area (Å²) < 4.78 is 11.2. The van der Waals surface area contributed by atoms with Gasteiger partial charge in [0.05, 0.1) is 11.9 Å². The van der Waals surface area contributed by atoms with E-state index in [9.17, 15) is 19.2 Å². The second-order valence-electron chi connectivity index (χ2n) is 6.40. The lowest BCUT2D eigenvalue weighted by molar-refractivity contribution is -0.148. The van der Waals surface area contributed by atoms with E-state index in [0.717, 1.165) is 25.7 Å². The van der Waals surface area contributed by atoms with Gasteiger partial charge >= 0.3 is 17.8 Å². The van der Waals surface area contributed by atoms with Gasteiger partial charge < -0.3 is 14.5 Å².